The lowest BCUT2D eigenvalue weighted by molar-refractivity contribution is -0.118. The summed E-state index contributed by atoms with van der Waals surface area (Å²) in [6.07, 6.45) is 2.82. The molecule has 0 saturated carbocycles. The van der Waals surface area contributed by atoms with Crippen LogP contribution in [0.15, 0.2) is 54.6 Å². The molecule has 0 bridgehead atoms. The van der Waals surface area contributed by atoms with Gasteiger partial charge in [-0.05, 0) is 47.6 Å². The molecule has 0 heterocycles. The molecule has 0 spiro atoms. The van der Waals surface area contributed by atoms with Gasteiger partial charge in [-0.25, -0.2) is 0 Å². The third kappa shape index (κ3) is 2.87. The van der Waals surface area contributed by atoms with Crippen molar-refractivity contribution in [3.8, 4) is 5.75 Å². The summed E-state index contributed by atoms with van der Waals surface area (Å²) in [5.74, 6) is 0.160. The van der Waals surface area contributed by atoms with Crippen LogP contribution in [0.25, 0.3) is 10.8 Å². The summed E-state index contributed by atoms with van der Waals surface area (Å²) in [5, 5.41) is 5.24. The highest BCUT2D eigenvalue weighted by Crippen LogP contribution is 2.34. The second kappa shape index (κ2) is 6.40. The van der Waals surface area contributed by atoms with Crippen molar-refractivity contribution in [2.75, 3.05) is 11.9 Å². The second-order valence-corrected chi connectivity index (χ2v) is 6.10. The summed E-state index contributed by atoms with van der Waals surface area (Å²) in [4.78, 5) is 23.3. The van der Waals surface area contributed by atoms with Gasteiger partial charge in [-0.3, -0.25) is 9.59 Å². The molecule has 4 rings (SSSR count). The van der Waals surface area contributed by atoms with Gasteiger partial charge in [-0.1, -0.05) is 36.4 Å². The number of ether oxygens (including phenoxy) is 1. The smallest absolute Gasteiger partial charge is 0.262 e. The van der Waals surface area contributed by atoms with Gasteiger partial charge < -0.3 is 10.1 Å². The van der Waals surface area contributed by atoms with Crippen LogP contribution in [0.4, 0.5) is 5.69 Å². The summed E-state index contributed by atoms with van der Waals surface area (Å²) < 4.78 is 5.49. The van der Waals surface area contributed by atoms with Gasteiger partial charge in [0.2, 0.25) is 0 Å². The number of hydrogen-bond acceptors (Lipinski definition) is 3. The van der Waals surface area contributed by atoms with Crippen LogP contribution < -0.4 is 10.1 Å². The Morgan fingerprint density at radius 1 is 1.00 bits per heavy atom. The van der Waals surface area contributed by atoms with Crippen LogP contribution in [0.3, 0.4) is 0 Å². The fraction of sp³-hybridized carbons (Fsp3) is 0.143. The molecule has 25 heavy (non-hydrogen) atoms. The lowest BCUT2D eigenvalue weighted by Gasteiger charge is -2.12. The van der Waals surface area contributed by atoms with E-state index in [0.717, 1.165) is 30.2 Å². The van der Waals surface area contributed by atoms with Crippen LogP contribution in [-0.4, -0.2) is 18.8 Å². The number of aldehydes is 1. The number of amides is 1. The number of anilines is 1. The van der Waals surface area contributed by atoms with Crippen LogP contribution in [0, 0.1) is 0 Å². The van der Waals surface area contributed by atoms with Gasteiger partial charge >= 0.3 is 0 Å². The predicted molar refractivity (Wildman–Crippen MR) is 97.3 cm³/mol. The quantitative estimate of drug-likeness (QED) is 0.724. The molecule has 0 unspecified atom stereocenters. The molecule has 4 heteroatoms. The second-order valence-electron chi connectivity index (χ2n) is 6.10. The van der Waals surface area contributed by atoms with E-state index in [0.29, 0.717) is 11.3 Å². The van der Waals surface area contributed by atoms with E-state index in [1.807, 2.05) is 18.2 Å². The van der Waals surface area contributed by atoms with Crippen LogP contribution in [-0.2, 0) is 17.6 Å². The maximum Gasteiger partial charge on any atom is 0.262 e. The standard InChI is InChI=1S/C21H17NO3/c23-12-16-4-1-2-7-19(16)25-13-20(24)22-18-11-10-15-9-8-14-5-3-6-17(18)21(14)15/h1-7,10-12H,8-9,13H2,(H,22,24). The monoisotopic (exact) mass is 331 g/mol. The fourth-order valence-corrected chi connectivity index (χ4v) is 3.39. The van der Waals surface area contributed by atoms with Crippen molar-refractivity contribution < 1.29 is 14.3 Å². The molecule has 0 aliphatic heterocycles. The van der Waals surface area contributed by atoms with Crippen LogP contribution in [0.2, 0.25) is 0 Å². The number of rotatable bonds is 5. The van der Waals surface area contributed by atoms with E-state index in [4.69, 9.17) is 4.74 Å². The molecule has 0 aromatic heterocycles. The van der Waals surface area contributed by atoms with Crippen molar-refractivity contribution in [1.82, 2.24) is 0 Å². The Bertz CT molecular complexity index is 968. The maximum absolute atomic E-state index is 12.3. The average molecular weight is 331 g/mol. The molecule has 124 valence electrons. The predicted octanol–water partition coefficient (Wildman–Crippen LogP) is 3.77. The molecule has 0 saturated heterocycles. The van der Waals surface area contributed by atoms with Crippen LogP contribution in [0.1, 0.15) is 21.5 Å². The number of carbonyl (C=O) groups excluding carboxylic acids is 2. The van der Waals surface area contributed by atoms with E-state index < -0.39 is 0 Å². The number of nitrogens with one attached hydrogen (secondary N) is 1. The van der Waals surface area contributed by atoms with E-state index >= 15 is 0 Å². The zero-order valence-corrected chi connectivity index (χ0v) is 13.6. The van der Waals surface area contributed by atoms with E-state index in [-0.39, 0.29) is 12.5 Å². The largest absolute Gasteiger partial charge is 0.483 e. The van der Waals surface area contributed by atoms with Gasteiger partial charge in [0.25, 0.3) is 5.91 Å². The first-order valence-electron chi connectivity index (χ1n) is 8.26. The Balaban J connectivity index is 1.52. The molecular formula is C21H17NO3. The zero-order chi connectivity index (χ0) is 17.2. The van der Waals surface area contributed by atoms with Crippen molar-refractivity contribution in [3.63, 3.8) is 0 Å². The number of para-hydroxylation sites is 1. The highest BCUT2D eigenvalue weighted by Gasteiger charge is 2.16. The van der Waals surface area contributed by atoms with Gasteiger partial charge in [0.15, 0.2) is 12.9 Å². The molecule has 0 atom stereocenters. The Labute approximate surface area is 145 Å². The minimum atomic E-state index is -0.251. The molecule has 1 N–H and O–H groups in total. The first-order chi connectivity index (χ1) is 12.3. The van der Waals surface area contributed by atoms with Crippen LogP contribution >= 0.6 is 0 Å². The Morgan fingerprint density at radius 3 is 2.64 bits per heavy atom. The summed E-state index contributed by atoms with van der Waals surface area (Å²) in [6.45, 7) is -0.145. The molecular weight excluding hydrogens is 314 g/mol. The molecule has 3 aromatic rings. The van der Waals surface area contributed by atoms with Crippen LogP contribution in [0.5, 0.6) is 5.75 Å². The highest BCUT2D eigenvalue weighted by molar-refractivity contribution is 6.05. The number of carbonyl (C=O) groups is 2. The highest BCUT2D eigenvalue weighted by atomic mass is 16.5. The van der Waals surface area contributed by atoms with Crippen molar-refractivity contribution in [2.45, 2.75) is 12.8 Å². The van der Waals surface area contributed by atoms with Gasteiger partial charge in [-0.2, -0.15) is 0 Å². The maximum atomic E-state index is 12.3. The van der Waals surface area contributed by atoms with Crippen molar-refractivity contribution in [1.29, 1.82) is 0 Å². The van der Waals surface area contributed by atoms with Gasteiger partial charge in [0, 0.05) is 11.1 Å². The zero-order valence-electron chi connectivity index (χ0n) is 13.6. The van der Waals surface area contributed by atoms with Gasteiger partial charge in [0.1, 0.15) is 5.75 Å². The summed E-state index contributed by atoms with van der Waals surface area (Å²) in [6, 6.07) is 17.1. The summed E-state index contributed by atoms with van der Waals surface area (Å²) in [5.41, 5.74) is 3.89. The molecule has 3 aromatic carbocycles. The minimum Gasteiger partial charge on any atom is -0.483 e. The van der Waals surface area contributed by atoms with E-state index in [2.05, 4.69) is 17.4 Å². The first kappa shape index (κ1) is 15.4. The Morgan fingerprint density at radius 2 is 1.80 bits per heavy atom. The molecule has 1 amide bonds. The molecule has 0 radical (unpaired) electrons. The number of aryl methyl sites for hydroxylation is 2. The van der Waals surface area contributed by atoms with Gasteiger partial charge in [-0.15, -0.1) is 0 Å². The first-order valence-corrected chi connectivity index (χ1v) is 8.26. The normalized spacial score (nSPS) is 12.2. The molecule has 0 fully saturated rings. The van der Waals surface area contributed by atoms with E-state index in [9.17, 15) is 9.59 Å². The third-order valence-corrected chi connectivity index (χ3v) is 4.56. The average Bonchev–Trinajstić information content (AvgIpc) is 3.07. The van der Waals surface area contributed by atoms with Crippen molar-refractivity contribution >= 4 is 28.7 Å². The van der Waals surface area contributed by atoms with E-state index in [1.54, 1.807) is 24.3 Å². The number of hydrogen-bond donors (Lipinski definition) is 1. The Hall–Kier alpha value is -3.14. The fourth-order valence-electron chi connectivity index (χ4n) is 3.39. The lowest BCUT2D eigenvalue weighted by Crippen LogP contribution is -2.20. The molecule has 1 aliphatic carbocycles. The lowest BCUT2D eigenvalue weighted by atomic mass is 10.0. The topological polar surface area (TPSA) is 55.4 Å². The SMILES string of the molecule is O=Cc1ccccc1OCC(=O)Nc1ccc2c3c(cccc13)CC2. The molecule has 1 aliphatic rings. The third-order valence-electron chi connectivity index (χ3n) is 4.56. The number of benzene rings is 3. The summed E-state index contributed by atoms with van der Waals surface area (Å²) in [7, 11) is 0. The Kier molecular flexibility index (Phi) is 3.94. The van der Waals surface area contributed by atoms with Crippen molar-refractivity contribution in [2.24, 2.45) is 0 Å². The molecule has 4 nitrogen and oxygen atoms in total. The van der Waals surface area contributed by atoms with Gasteiger partial charge in [0.05, 0.1) is 5.56 Å². The van der Waals surface area contributed by atoms with Crippen molar-refractivity contribution in [3.05, 3.63) is 71.3 Å². The van der Waals surface area contributed by atoms with E-state index in [1.165, 1.54) is 16.5 Å². The minimum absolute atomic E-state index is 0.145. The summed E-state index contributed by atoms with van der Waals surface area (Å²) >= 11 is 0.